The predicted molar refractivity (Wildman–Crippen MR) is 171 cm³/mol. The molecule has 7 fully saturated rings. The number of hydrogen-bond acceptors (Lipinski definition) is 10. The van der Waals surface area contributed by atoms with Crippen LogP contribution in [0, 0.1) is 44.8 Å². The van der Waals surface area contributed by atoms with E-state index in [1.165, 1.54) is 6.92 Å². The number of aliphatic hydroxyl groups excluding tert-OH is 4. The van der Waals surface area contributed by atoms with Crippen LogP contribution >= 0.6 is 0 Å². The average molecular weight is 665 g/mol. The van der Waals surface area contributed by atoms with Crippen LogP contribution in [-0.4, -0.2) is 98.3 Å². The summed E-state index contributed by atoms with van der Waals surface area (Å²) < 4.78 is 24.4. The van der Waals surface area contributed by atoms with E-state index in [0.717, 1.165) is 44.9 Å². The fourth-order valence-electron chi connectivity index (χ4n) is 13.7. The summed E-state index contributed by atoms with van der Waals surface area (Å²) in [5, 5.41) is 55.8. The zero-order valence-corrected chi connectivity index (χ0v) is 29.7. The second kappa shape index (κ2) is 10.6. The van der Waals surface area contributed by atoms with E-state index in [2.05, 4.69) is 34.6 Å². The van der Waals surface area contributed by atoms with Crippen molar-refractivity contribution in [3.63, 3.8) is 0 Å². The van der Waals surface area contributed by atoms with Gasteiger partial charge in [0.25, 0.3) is 0 Å². The summed E-state index contributed by atoms with van der Waals surface area (Å²) in [5.41, 5.74) is -2.18. The van der Waals surface area contributed by atoms with Gasteiger partial charge in [0.15, 0.2) is 12.4 Å². The van der Waals surface area contributed by atoms with Crippen LogP contribution in [-0.2, 0) is 23.7 Å². The molecule has 0 unspecified atom stereocenters. The van der Waals surface area contributed by atoms with E-state index in [9.17, 15) is 30.3 Å². The minimum absolute atomic E-state index is 0.00501. The van der Waals surface area contributed by atoms with E-state index in [0.29, 0.717) is 12.8 Å². The molecule has 268 valence electrons. The Hall–Kier alpha value is -0.850. The minimum atomic E-state index is -1.32. The van der Waals surface area contributed by atoms with Crippen molar-refractivity contribution in [2.75, 3.05) is 6.61 Å². The van der Waals surface area contributed by atoms with Crippen molar-refractivity contribution in [2.24, 2.45) is 44.8 Å². The molecule has 10 heteroatoms. The highest BCUT2D eigenvalue weighted by molar-refractivity contribution is 5.66. The van der Waals surface area contributed by atoms with Gasteiger partial charge in [-0.2, -0.15) is 0 Å². The van der Waals surface area contributed by atoms with Gasteiger partial charge in [-0.05, 0) is 117 Å². The zero-order chi connectivity index (χ0) is 34.3. The molecule has 2 heterocycles. The SMILES string of the molecule is CC(=O)O[C@H]1[C@H](O[C@H]2CC[C@]34C[C@]35CC[C@]3(C)[C@@H]([C@@]6(C)CC[C@@H](C(C)(C)O)O6)[C@@H](O)C[C@@]3(C)[C@@H]5C[C@H](O)[C@@H]4C2(C)C)OC[C@@H](O)[C@@H]1O. The highest BCUT2D eigenvalue weighted by atomic mass is 16.7. The topological polar surface area (TPSA) is 155 Å². The molecule has 0 radical (unpaired) electrons. The Balaban J connectivity index is 1.15. The van der Waals surface area contributed by atoms with Gasteiger partial charge in [-0.15, -0.1) is 0 Å². The van der Waals surface area contributed by atoms with Crippen LogP contribution in [0.25, 0.3) is 0 Å². The summed E-state index contributed by atoms with van der Waals surface area (Å²) in [6.07, 6.45) is 1.48. The summed E-state index contributed by atoms with van der Waals surface area (Å²) >= 11 is 0. The predicted octanol–water partition coefficient (Wildman–Crippen LogP) is 3.47. The molecule has 2 spiro atoms. The lowest BCUT2D eigenvalue weighted by molar-refractivity contribution is -0.309. The highest BCUT2D eigenvalue weighted by Crippen LogP contribution is 2.89. The van der Waals surface area contributed by atoms with E-state index in [1.54, 1.807) is 0 Å². The maximum absolute atomic E-state index is 12.2. The van der Waals surface area contributed by atoms with Crippen molar-refractivity contribution >= 4 is 5.97 Å². The van der Waals surface area contributed by atoms with Crippen molar-refractivity contribution in [1.82, 2.24) is 0 Å². The minimum Gasteiger partial charge on any atom is -0.454 e. The summed E-state index contributed by atoms with van der Waals surface area (Å²) in [5.74, 6) is -0.368. The Morgan fingerprint density at radius 3 is 2.19 bits per heavy atom. The second-order valence-corrected chi connectivity index (χ2v) is 18.8. The molecule has 5 saturated carbocycles. The Labute approximate surface area is 279 Å². The number of esters is 1. The maximum atomic E-state index is 12.2. The van der Waals surface area contributed by atoms with E-state index in [1.807, 2.05) is 13.8 Å². The summed E-state index contributed by atoms with van der Waals surface area (Å²) in [4.78, 5) is 11.9. The largest absolute Gasteiger partial charge is 0.454 e. The number of hydrogen-bond donors (Lipinski definition) is 5. The van der Waals surface area contributed by atoms with Gasteiger partial charge < -0.3 is 44.5 Å². The van der Waals surface area contributed by atoms with Gasteiger partial charge in [0.1, 0.15) is 12.2 Å². The number of carbonyl (C=O) groups excluding carboxylic acids is 1. The normalized spacial score (nSPS) is 56.6. The van der Waals surface area contributed by atoms with Gasteiger partial charge in [-0.1, -0.05) is 27.7 Å². The van der Waals surface area contributed by atoms with Crippen LogP contribution in [0.4, 0.5) is 0 Å². The first-order valence-electron chi connectivity index (χ1n) is 18.2. The van der Waals surface area contributed by atoms with Crippen LogP contribution in [0.2, 0.25) is 0 Å². The van der Waals surface area contributed by atoms with Gasteiger partial charge in [0.2, 0.25) is 0 Å². The molecular formula is C37H60O10. The molecule has 16 atom stereocenters. The molecule has 7 aliphatic rings. The lowest BCUT2D eigenvalue weighted by Crippen LogP contribution is -2.63. The third-order valence-corrected chi connectivity index (χ3v) is 15.8. The molecule has 0 bridgehead atoms. The summed E-state index contributed by atoms with van der Waals surface area (Å²) in [6.45, 7) is 16.0. The molecular weight excluding hydrogens is 604 g/mol. The molecule has 47 heavy (non-hydrogen) atoms. The number of fused-ring (bicyclic) bond motifs is 2. The molecule has 0 amide bonds. The fourth-order valence-corrected chi connectivity index (χ4v) is 13.7. The Morgan fingerprint density at radius 1 is 0.851 bits per heavy atom. The van der Waals surface area contributed by atoms with Gasteiger partial charge in [-0.3, -0.25) is 4.79 Å². The summed E-state index contributed by atoms with van der Waals surface area (Å²) in [6, 6.07) is 0. The molecule has 0 aromatic rings. The number of carbonyl (C=O) groups is 1. The molecule has 0 aromatic heterocycles. The van der Waals surface area contributed by atoms with Crippen molar-refractivity contribution in [2.45, 2.75) is 173 Å². The molecule has 0 aromatic carbocycles. The average Bonchev–Trinajstić information content (AvgIpc) is 3.30. The molecule has 7 rings (SSSR count). The Morgan fingerprint density at radius 2 is 1.55 bits per heavy atom. The summed E-state index contributed by atoms with van der Waals surface area (Å²) in [7, 11) is 0. The van der Waals surface area contributed by atoms with Crippen molar-refractivity contribution < 1.29 is 49.3 Å². The third-order valence-electron chi connectivity index (χ3n) is 15.8. The molecule has 5 N–H and O–H groups in total. The third kappa shape index (κ3) is 4.60. The number of aliphatic hydroxyl groups is 5. The van der Waals surface area contributed by atoms with Crippen LogP contribution in [0.5, 0.6) is 0 Å². The van der Waals surface area contributed by atoms with Gasteiger partial charge >= 0.3 is 5.97 Å². The molecule has 2 saturated heterocycles. The zero-order valence-electron chi connectivity index (χ0n) is 29.7. The lowest BCUT2D eigenvalue weighted by atomic mass is 9.41. The molecule has 5 aliphatic carbocycles. The Kier molecular flexibility index (Phi) is 7.80. The number of ether oxygens (including phenoxy) is 4. The van der Waals surface area contributed by atoms with E-state index in [4.69, 9.17) is 18.9 Å². The van der Waals surface area contributed by atoms with Crippen molar-refractivity contribution in [1.29, 1.82) is 0 Å². The Bertz CT molecular complexity index is 1270. The quantitative estimate of drug-likeness (QED) is 0.218. The number of rotatable bonds is 5. The highest BCUT2D eigenvalue weighted by Gasteiger charge is 2.85. The first kappa shape index (κ1) is 34.6. The lowest BCUT2D eigenvalue weighted by Gasteiger charge is -2.64. The van der Waals surface area contributed by atoms with Gasteiger partial charge in [0.05, 0.1) is 42.2 Å². The van der Waals surface area contributed by atoms with E-state index < -0.39 is 59.4 Å². The fraction of sp³-hybridized carbons (Fsp3) is 0.973. The van der Waals surface area contributed by atoms with Crippen LogP contribution in [0.1, 0.15) is 113 Å². The van der Waals surface area contributed by atoms with Crippen LogP contribution in [0.15, 0.2) is 0 Å². The van der Waals surface area contributed by atoms with Gasteiger partial charge in [0, 0.05) is 12.8 Å². The van der Waals surface area contributed by atoms with E-state index >= 15 is 0 Å². The smallest absolute Gasteiger partial charge is 0.303 e. The standard InChI is InChI=1S/C37H60O10/c1-19(38)45-27-26(42)22(41)17-44-30(27)46-24-10-12-37-18-36(37)14-13-33(6)29(35(8)11-9-25(47-35)32(4,5)43)21(40)16-34(33,7)23(36)15-20(39)28(37)31(24,2)3/h20-30,39-43H,9-18H2,1-8H3/t20-,21-,22+,23-,24-,25-,26-,27+,28+,29-,30-,33+,34-,35+,36-,37+/m0/s1. The van der Waals surface area contributed by atoms with Gasteiger partial charge in [-0.25, -0.2) is 0 Å². The van der Waals surface area contributed by atoms with Crippen molar-refractivity contribution in [3.05, 3.63) is 0 Å². The maximum Gasteiger partial charge on any atom is 0.303 e. The first-order chi connectivity index (χ1) is 21.7. The monoisotopic (exact) mass is 664 g/mol. The van der Waals surface area contributed by atoms with Crippen LogP contribution in [0.3, 0.4) is 0 Å². The first-order valence-corrected chi connectivity index (χ1v) is 18.2. The second-order valence-electron chi connectivity index (χ2n) is 18.8. The van der Waals surface area contributed by atoms with Crippen LogP contribution < -0.4 is 0 Å². The molecule has 2 aliphatic heterocycles. The molecule has 10 nitrogen and oxygen atoms in total. The van der Waals surface area contributed by atoms with Crippen molar-refractivity contribution in [3.8, 4) is 0 Å². The van der Waals surface area contributed by atoms with E-state index in [-0.39, 0.29) is 58.2 Å².